The molecule has 0 rings (SSSR count). The van der Waals surface area contributed by atoms with Gasteiger partial charge in [0.15, 0.2) is 6.10 Å². The fourth-order valence-electron chi connectivity index (χ4n) is 7.14. The molecule has 0 saturated carbocycles. The number of hydrogen-bond donors (Lipinski definition) is 0. The fraction of sp³-hybridized carbons (Fsp3) is 0.695. The molecule has 1 atom stereocenters. The minimum absolute atomic E-state index is 0.0528. The molecule has 64 heavy (non-hydrogen) atoms. The van der Waals surface area contributed by atoms with E-state index in [0.717, 1.165) is 96.3 Å². The van der Waals surface area contributed by atoms with E-state index >= 15 is 0 Å². The van der Waals surface area contributed by atoms with E-state index in [4.69, 9.17) is 14.2 Å². The van der Waals surface area contributed by atoms with Crippen molar-refractivity contribution in [1.82, 2.24) is 0 Å². The van der Waals surface area contributed by atoms with E-state index in [1.807, 2.05) is 0 Å². The van der Waals surface area contributed by atoms with Gasteiger partial charge in [-0.25, -0.2) is 0 Å². The lowest BCUT2D eigenvalue weighted by molar-refractivity contribution is -0.162. The van der Waals surface area contributed by atoms with Gasteiger partial charge in [-0.1, -0.05) is 227 Å². The second-order valence-electron chi connectivity index (χ2n) is 17.4. The number of ether oxygens (including phenoxy) is 3. The summed E-state index contributed by atoms with van der Waals surface area (Å²) in [5, 5.41) is 0. The van der Waals surface area contributed by atoms with Crippen LogP contribution in [0.25, 0.3) is 0 Å². The summed E-state index contributed by atoms with van der Waals surface area (Å²) in [5.74, 6) is -0.478. The molecule has 0 fully saturated rings. The van der Waals surface area contributed by atoms with Crippen molar-refractivity contribution in [3.8, 4) is 0 Å². The molecule has 0 N–H and O–H groups in total. The highest BCUT2D eigenvalue weighted by Gasteiger charge is 2.17. The summed E-state index contributed by atoms with van der Waals surface area (Å²) < 4.78 is 17.4. The molecule has 5 nitrogen and oxygen atoms in total. The molecule has 0 spiro atoms. The van der Waals surface area contributed by atoms with Crippen LogP contribution in [0.4, 0.5) is 0 Å². The SMILES string of the molecule is CC/C=C\C/C=C\C/C=C\C/C=C\C/C=C\CCCC(=O)OC(COCCCCCCCCCCCCCC)COC(=O)CCCCCCCC/C=C\C/C=C\C/C=C\CCCCC. The molecule has 0 radical (unpaired) electrons. The van der Waals surface area contributed by atoms with Crippen LogP contribution < -0.4 is 0 Å². The van der Waals surface area contributed by atoms with Crippen LogP contribution in [0.1, 0.15) is 239 Å². The zero-order chi connectivity index (χ0) is 46.3. The summed E-state index contributed by atoms with van der Waals surface area (Å²) in [5.41, 5.74) is 0. The van der Waals surface area contributed by atoms with Gasteiger partial charge in [0, 0.05) is 19.4 Å². The molecule has 0 bridgehead atoms. The Labute approximate surface area is 396 Å². The van der Waals surface area contributed by atoms with Gasteiger partial charge in [0.05, 0.1) is 6.61 Å². The fourth-order valence-corrected chi connectivity index (χ4v) is 7.14. The first-order chi connectivity index (χ1) is 31.6. The number of allylic oxidation sites excluding steroid dienone is 16. The van der Waals surface area contributed by atoms with Crippen molar-refractivity contribution in [2.45, 2.75) is 245 Å². The van der Waals surface area contributed by atoms with E-state index in [1.165, 1.54) is 109 Å². The lowest BCUT2D eigenvalue weighted by Crippen LogP contribution is -2.30. The van der Waals surface area contributed by atoms with Crippen LogP contribution in [0.3, 0.4) is 0 Å². The Bertz CT molecular complexity index is 1230. The van der Waals surface area contributed by atoms with Crippen LogP contribution in [-0.4, -0.2) is 37.9 Å². The van der Waals surface area contributed by atoms with Crippen LogP contribution in [-0.2, 0) is 23.8 Å². The minimum atomic E-state index is -0.574. The molecule has 0 amide bonds. The molecule has 0 saturated heterocycles. The lowest BCUT2D eigenvalue weighted by atomic mass is 10.1. The second kappa shape index (κ2) is 54.2. The van der Waals surface area contributed by atoms with E-state index in [9.17, 15) is 9.59 Å². The molecule has 0 aliphatic heterocycles. The standard InChI is InChI=1S/C59H100O5/c1-4-7-10-13-16-19-22-25-27-29-30-32-33-35-37-40-43-46-49-52-58(60)63-56-57(55-62-54-51-48-45-42-39-24-21-18-15-12-9-6-3)64-59(61)53-50-47-44-41-38-36-34-31-28-26-23-20-17-14-11-8-5-2/h8,11,16-17,19-20,25-28,30,32,34,36,41,44,57H,4-7,9-10,12-15,18,21-24,29,31,33,35,37-40,42-43,45-56H2,1-3H3/b11-8-,19-16-,20-17-,27-25-,28-26-,32-30-,36-34-,44-41-. The average molecular weight is 889 g/mol. The summed E-state index contributed by atoms with van der Waals surface area (Å²) in [6.07, 6.45) is 72.8. The first kappa shape index (κ1) is 60.8. The first-order valence-electron chi connectivity index (χ1n) is 26.8. The number of carbonyl (C=O) groups excluding carboxylic acids is 2. The van der Waals surface area contributed by atoms with E-state index < -0.39 is 6.10 Å². The molecule has 5 heteroatoms. The molecular weight excluding hydrogens is 789 g/mol. The average Bonchev–Trinajstić information content (AvgIpc) is 3.30. The first-order valence-corrected chi connectivity index (χ1v) is 26.8. The molecule has 1 unspecified atom stereocenters. The van der Waals surface area contributed by atoms with Gasteiger partial charge < -0.3 is 14.2 Å². The summed E-state index contributed by atoms with van der Waals surface area (Å²) >= 11 is 0. The van der Waals surface area contributed by atoms with Crippen LogP contribution in [0.2, 0.25) is 0 Å². The van der Waals surface area contributed by atoms with Crippen LogP contribution in [0, 0.1) is 0 Å². The van der Waals surface area contributed by atoms with Gasteiger partial charge in [0.25, 0.3) is 0 Å². The highest BCUT2D eigenvalue weighted by molar-refractivity contribution is 5.70. The smallest absolute Gasteiger partial charge is 0.306 e. The molecule has 0 heterocycles. The van der Waals surface area contributed by atoms with Crippen LogP contribution in [0.15, 0.2) is 97.2 Å². The molecule has 0 aliphatic rings. The predicted molar refractivity (Wildman–Crippen MR) is 279 cm³/mol. The van der Waals surface area contributed by atoms with Crippen molar-refractivity contribution in [2.75, 3.05) is 19.8 Å². The number of rotatable bonds is 48. The Balaban J connectivity index is 4.37. The van der Waals surface area contributed by atoms with Crippen molar-refractivity contribution >= 4 is 11.9 Å². The normalized spacial score (nSPS) is 13.0. The number of unbranched alkanes of at least 4 members (excludes halogenated alkanes) is 21. The number of hydrogen-bond acceptors (Lipinski definition) is 5. The maximum atomic E-state index is 12.8. The Hall–Kier alpha value is -3.18. The van der Waals surface area contributed by atoms with Gasteiger partial charge in [-0.2, -0.15) is 0 Å². The third-order valence-corrected chi connectivity index (χ3v) is 11.1. The summed E-state index contributed by atoms with van der Waals surface area (Å²) in [4.78, 5) is 25.4. The largest absolute Gasteiger partial charge is 0.462 e. The topological polar surface area (TPSA) is 61.8 Å². The number of esters is 2. The molecule has 366 valence electrons. The Kier molecular flexibility index (Phi) is 51.5. The van der Waals surface area contributed by atoms with Crippen molar-refractivity contribution in [3.63, 3.8) is 0 Å². The van der Waals surface area contributed by atoms with E-state index in [0.29, 0.717) is 19.4 Å². The van der Waals surface area contributed by atoms with E-state index in [2.05, 4.69) is 118 Å². The Morgan fingerprint density at radius 2 is 0.719 bits per heavy atom. The van der Waals surface area contributed by atoms with Gasteiger partial charge in [-0.3, -0.25) is 9.59 Å². The van der Waals surface area contributed by atoms with Crippen molar-refractivity contribution < 1.29 is 23.8 Å². The van der Waals surface area contributed by atoms with Gasteiger partial charge in [0.1, 0.15) is 6.61 Å². The second-order valence-corrected chi connectivity index (χ2v) is 17.4. The van der Waals surface area contributed by atoms with Crippen LogP contribution >= 0.6 is 0 Å². The maximum absolute atomic E-state index is 12.8. The van der Waals surface area contributed by atoms with Gasteiger partial charge in [-0.05, 0) is 96.3 Å². The van der Waals surface area contributed by atoms with Crippen LogP contribution in [0.5, 0.6) is 0 Å². The lowest BCUT2D eigenvalue weighted by Gasteiger charge is -2.18. The highest BCUT2D eigenvalue weighted by atomic mass is 16.6. The quantitative estimate of drug-likeness (QED) is 0.0346. The van der Waals surface area contributed by atoms with Crippen molar-refractivity contribution in [3.05, 3.63) is 97.2 Å². The zero-order valence-corrected chi connectivity index (χ0v) is 42.0. The molecule has 0 aromatic rings. The Morgan fingerprint density at radius 3 is 1.20 bits per heavy atom. The highest BCUT2D eigenvalue weighted by Crippen LogP contribution is 2.14. The van der Waals surface area contributed by atoms with Crippen molar-refractivity contribution in [2.24, 2.45) is 0 Å². The third kappa shape index (κ3) is 51.5. The summed E-state index contributed by atoms with van der Waals surface area (Å²) in [6.45, 7) is 7.62. The number of carbonyl (C=O) groups is 2. The summed E-state index contributed by atoms with van der Waals surface area (Å²) in [6, 6.07) is 0. The minimum Gasteiger partial charge on any atom is -0.462 e. The van der Waals surface area contributed by atoms with E-state index in [1.54, 1.807) is 0 Å². The maximum Gasteiger partial charge on any atom is 0.306 e. The van der Waals surface area contributed by atoms with Crippen molar-refractivity contribution in [1.29, 1.82) is 0 Å². The molecular formula is C59H100O5. The molecule has 0 aromatic carbocycles. The third-order valence-electron chi connectivity index (χ3n) is 11.1. The van der Waals surface area contributed by atoms with Gasteiger partial charge in [0.2, 0.25) is 0 Å². The molecule has 0 aliphatic carbocycles. The monoisotopic (exact) mass is 889 g/mol. The summed E-state index contributed by atoms with van der Waals surface area (Å²) in [7, 11) is 0. The van der Waals surface area contributed by atoms with Gasteiger partial charge in [-0.15, -0.1) is 0 Å². The van der Waals surface area contributed by atoms with E-state index in [-0.39, 0.29) is 25.2 Å². The van der Waals surface area contributed by atoms with Gasteiger partial charge >= 0.3 is 11.9 Å². The zero-order valence-electron chi connectivity index (χ0n) is 42.0. The molecule has 0 aromatic heterocycles. The predicted octanol–water partition coefficient (Wildman–Crippen LogP) is 18.2. The Morgan fingerprint density at radius 1 is 0.359 bits per heavy atom.